The molecular weight excluding hydrogens is 218 g/mol. The van der Waals surface area contributed by atoms with E-state index in [0.29, 0.717) is 17.3 Å². The van der Waals surface area contributed by atoms with Crippen LogP contribution in [0.15, 0.2) is 18.7 Å². The van der Waals surface area contributed by atoms with Crippen LogP contribution in [-0.2, 0) is 4.74 Å². The number of carbonyl (C=O) groups excluding carboxylic acids is 1. The van der Waals surface area contributed by atoms with E-state index >= 15 is 0 Å². The van der Waals surface area contributed by atoms with E-state index in [2.05, 4.69) is 9.97 Å². The summed E-state index contributed by atoms with van der Waals surface area (Å²) in [5.41, 5.74) is 0.724. The van der Waals surface area contributed by atoms with Crippen LogP contribution in [0, 0.1) is 0 Å². The first-order valence-electron chi connectivity index (χ1n) is 4.37. The number of aromatic nitrogens is 3. The number of nitrogens with zero attached hydrogens (tertiary/aromatic N) is 3. The number of fused-ring (bicyclic) bond motifs is 1. The van der Waals surface area contributed by atoms with E-state index in [1.54, 1.807) is 11.3 Å². The summed E-state index contributed by atoms with van der Waals surface area (Å²) in [6.07, 6.45) is 4.53. The van der Waals surface area contributed by atoms with Crippen molar-refractivity contribution in [1.29, 1.82) is 0 Å². The van der Waals surface area contributed by atoms with Crippen molar-refractivity contribution in [3.8, 4) is 0 Å². The van der Waals surface area contributed by atoms with Crippen molar-refractivity contribution in [3.05, 3.63) is 29.4 Å². The van der Waals surface area contributed by atoms with Crippen LogP contribution in [0.25, 0.3) is 5.65 Å². The van der Waals surface area contributed by atoms with Gasteiger partial charge in [-0.15, -0.1) is 0 Å². The smallest absolute Gasteiger partial charge is 0.358 e. The molecule has 2 aromatic rings. The first-order chi connectivity index (χ1) is 7.22. The number of halogens is 1. The molecule has 0 atom stereocenters. The molecule has 0 aliphatic rings. The second-order valence-electron chi connectivity index (χ2n) is 2.82. The van der Waals surface area contributed by atoms with Gasteiger partial charge in [0.15, 0.2) is 11.3 Å². The molecule has 2 heterocycles. The molecule has 0 saturated heterocycles. The quantitative estimate of drug-likeness (QED) is 0.728. The van der Waals surface area contributed by atoms with E-state index in [1.807, 2.05) is 0 Å². The number of imidazole rings is 1. The molecule has 0 aliphatic heterocycles. The van der Waals surface area contributed by atoms with Crippen molar-refractivity contribution in [2.24, 2.45) is 0 Å². The molecule has 0 saturated carbocycles. The predicted molar refractivity (Wildman–Crippen MR) is 54.0 cm³/mol. The molecule has 0 unspecified atom stereocenters. The number of hydrogen-bond acceptors (Lipinski definition) is 4. The average molecular weight is 226 g/mol. The Kier molecular flexibility index (Phi) is 2.55. The summed E-state index contributed by atoms with van der Waals surface area (Å²) in [7, 11) is 0. The maximum atomic E-state index is 11.4. The minimum absolute atomic E-state index is 0.228. The second kappa shape index (κ2) is 3.86. The number of ether oxygens (including phenoxy) is 1. The van der Waals surface area contributed by atoms with E-state index < -0.39 is 5.97 Å². The molecular formula is C9H8ClN3O2. The van der Waals surface area contributed by atoms with Gasteiger partial charge in [0.2, 0.25) is 0 Å². The van der Waals surface area contributed by atoms with E-state index in [-0.39, 0.29) is 5.69 Å². The lowest BCUT2D eigenvalue weighted by Gasteiger charge is -1.95. The molecule has 2 aromatic heterocycles. The normalized spacial score (nSPS) is 10.5. The van der Waals surface area contributed by atoms with E-state index in [9.17, 15) is 4.79 Å². The van der Waals surface area contributed by atoms with Crippen molar-refractivity contribution in [1.82, 2.24) is 14.4 Å². The minimum Gasteiger partial charge on any atom is -0.461 e. The first-order valence-corrected chi connectivity index (χ1v) is 4.75. The van der Waals surface area contributed by atoms with Crippen molar-refractivity contribution in [2.45, 2.75) is 6.92 Å². The molecule has 0 bridgehead atoms. The highest BCUT2D eigenvalue weighted by molar-refractivity contribution is 6.33. The lowest BCUT2D eigenvalue weighted by Crippen LogP contribution is -2.04. The zero-order valence-electron chi connectivity index (χ0n) is 7.98. The van der Waals surface area contributed by atoms with E-state index in [0.717, 1.165) is 0 Å². The van der Waals surface area contributed by atoms with Crippen LogP contribution < -0.4 is 0 Å². The Bertz CT molecular complexity index is 509. The van der Waals surface area contributed by atoms with Gasteiger partial charge in [0, 0.05) is 6.20 Å². The molecule has 0 spiro atoms. The van der Waals surface area contributed by atoms with E-state index in [4.69, 9.17) is 16.3 Å². The highest BCUT2D eigenvalue weighted by Gasteiger charge is 2.12. The Hall–Kier alpha value is -1.62. The molecule has 0 radical (unpaired) electrons. The van der Waals surface area contributed by atoms with Gasteiger partial charge in [-0.3, -0.25) is 4.40 Å². The maximum absolute atomic E-state index is 11.4. The van der Waals surface area contributed by atoms with Crippen LogP contribution >= 0.6 is 11.6 Å². The third-order valence-electron chi connectivity index (χ3n) is 1.81. The monoisotopic (exact) mass is 225 g/mol. The molecule has 5 nitrogen and oxygen atoms in total. The summed E-state index contributed by atoms with van der Waals surface area (Å²) in [5.74, 6) is -0.461. The Labute approximate surface area is 90.7 Å². The summed E-state index contributed by atoms with van der Waals surface area (Å²) in [4.78, 5) is 19.3. The van der Waals surface area contributed by atoms with Gasteiger partial charge >= 0.3 is 5.97 Å². The highest BCUT2D eigenvalue weighted by atomic mass is 35.5. The maximum Gasteiger partial charge on any atom is 0.358 e. The van der Waals surface area contributed by atoms with Gasteiger partial charge < -0.3 is 4.74 Å². The first kappa shape index (κ1) is 9.92. The molecule has 0 amide bonds. The third kappa shape index (κ3) is 1.78. The van der Waals surface area contributed by atoms with Gasteiger partial charge in [-0.05, 0) is 6.92 Å². The average Bonchev–Trinajstić information content (AvgIpc) is 2.63. The molecule has 0 aliphatic carbocycles. The SMILES string of the molecule is CCOC(=O)c1cn2cncc(Cl)c2n1. The molecule has 0 aromatic carbocycles. The fraction of sp³-hybridized carbons (Fsp3) is 0.222. The minimum atomic E-state index is -0.461. The Morgan fingerprint density at radius 2 is 2.47 bits per heavy atom. The van der Waals surface area contributed by atoms with Crippen LogP contribution in [-0.4, -0.2) is 26.9 Å². The van der Waals surface area contributed by atoms with Crippen molar-refractivity contribution >= 4 is 23.2 Å². The molecule has 2 rings (SSSR count). The van der Waals surface area contributed by atoms with E-state index in [1.165, 1.54) is 18.7 Å². The van der Waals surface area contributed by atoms with Crippen molar-refractivity contribution in [3.63, 3.8) is 0 Å². The zero-order chi connectivity index (χ0) is 10.8. The number of carbonyl (C=O) groups is 1. The van der Waals surface area contributed by atoms with Crippen LogP contribution in [0.2, 0.25) is 5.02 Å². The van der Waals surface area contributed by atoms with Gasteiger partial charge in [-0.25, -0.2) is 14.8 Å². The molecule has 15 heavy (non-hydrogen) atoms. The van der Waals surface area contributed by atoms with Gasteiger partial charge in [-0.1, -0.05) is 11.6 Å². The van der Waals surface area contributed by atoms with Crippen LogP contribution in [0.5, 0.6) is 0 Å². The Morgan fingerprint density at radius 1 is 1.67 bits per heavy atom. The summed E-state index contributed by atoms with van der Waals surface area (Å²) < 4.78 is 6.40. The largest absolute Gasteiger partial charge is 0.461 e. The zero-order valence-corrected chi connectivity index (χ0v) is 8.73. The second-order valence-corrected chi connectivity index (χ2v) is 3.23. The van der Waals surface area contributed by atoms with Gasteiger partial charge in [0.1, 0.15) is 11.3 Å². The van der Waals surface area contributed by atoms with Crippen LogP contribution in [0.3, 0.4) is 0 Å². The lowest BCUT2D eigenvalue weighted by molar-refractivity contribution is 0.0520. The summed E-state index contributed by atoms with van der Waals surface area (Å²) >= 11 is 5.85. The Balaban J connectivity index is 2.47. The number of esters is 1. The molecule has 6 heteroatoms. The summed E-state index contributed by atoms with van der Waals surface area (Å²) in [6, 6.07) is 0. The lowest BCUT2D eigenvalue weighted by atomic mass is 10.5. The van der Waals surface area contributed by atoms with Crippen LogP contribution in [0.4, 0.5) is 0 Å². The molecule has 0 N–H and O–H groups in total. The number of hydrogen-bond donors (Lipinski definition) is 0. The Morgan fingerprint density at radius 3 is 3.13 bits per heavy atom. The van der Waals surface area contributed by atoms with Crippen molar-refractivity contribution < 1.29 is 9.53 Å². The molecule has 0 fully saturated rings. The standard InChI is InChI=1S/C9H8ClN3O2/c1-2-15-9(14)7-4-13-5-11-3-6(10)8(13)12-7/h3-5H,2H2,1H3. The predicted octanol–water partition coefficient (Wildman–Crippen LogP) is 1.56. The summed E-state index contributed by atoms with van der Waals surface area (Å²) in [5, 5.41) is 0.396. The fourth-order valence-corrected chi connectivity index (χ4v) is 1.39. The highest BCUT2D eigenvalue weighted by Crippen LogP contribution is 2.14. The van der Waals surface area contributed by atoms with Crippen LogP contribution in [0.1, 0.15) is 17.4 Å². The topological polar surface area (TPSA) is 56.5 Å². The van der Waals surface area contributed by atoms with Gasteiger partial charge in [-0.2, -0.15) is 0 Å². The van der Waals surface area contributed by atoms with Gasteiger partial charge in [0.25, 0.3) is 0 Å². The third-order valence-corrected chi connectivity index (χ3v) is 2.08. The van der Waals surface area contributed by atoms with Gasteiger partial charge in [0.05, 0.1) is 12.8 Å². The fourth-order valence-electron chi connectivity index (χ4n) is 1.19. The molecule has 78 valence electrons. The number of rotatable bonds is 2. The summed E-state index contributed by atoms with van der Waals surface area (Å²) in [6.45, 7) is 2.06. The van der Waals surface area contributed by atoms with Crippen molar-refractivity contribution in [2.75, 3.05) is 6.61 Å².